The Kier molecular flexibility index (Phi) is 3.79. The highest BCUT2D eigenvalue weighted by Crippen LogP contribution is 2.21. The molecule has 0 bridgehead atoms. The molecule has 0 saturated heterocycles. The van der Waals surface area contributed by atoms with Crippen molar-refractivity contribution >= 4 is 5.78 Å². The fraction of sp³-hybridized carbons (Fsp3) is 0.273. The van der Waals surface area contributed by atoms with Crippen molar-refractivity contribution in [3.8, 4) is 5.75 Å². The molecule has 0 aliphatic heterocycles. The van der Waals surface area contributed by atoms with E-state index in [9.17, 15) is 13.6 Å². The number of ketones is 1. The fourth-order valence-electron chi connectivity index (χ4n) is 1.53. The van der Waals surface area contributed by atoms with E-state index < -0.39 is 12.4 Å². The van der Waals surface area contributed by atoms with E-state index in [1.54, 1.807) is 13.1 Å². The van der Waals surface area contributed by atoms with E-state index in [1.807, 2.05) is 0 Å². The second kappa shape index (κ2) is 5.51. The predicted molar refractivity (Wildman–Crippen MR) is 59.9 cm³/mol. The van der Waals surface area contributed by atoms with Crippen molar-refractivity contribution in [2.75, 3.05) is 0 Å². The third kappa shape index (κ3) is 3.30. The summed E-state index contributed by atoms with van der Waals surface area (Å²) in [6.07, 6.45) is -0.128. The summed E-state index contributed by atoms with van der Waals surface area (Å²) in [5, 5.41) is 11.1. The highest BCUT2D eigenvalue weighted by molar-refractivity contribution is 5.99. The van der Waals surface area contributed by atoms with E-state index in [-0.39, 0.29) is 23.6 Å². The minimum absolute atomic E-state index is 0.0650. The number of carbonyl (C=O) groups is 1. The van der Waals surface area contributed by atoms with Crippen molar-refractivity contribution < 1.29 is 18.3 Å². The molecule has 2 aromatic rings. The molecule has 1 heterocycles. The Morgan fingerprint density at radius 1 is 1.42 bits per heavy atom. The van der Waals surface area contributed by atoms with Crippen LogP contribution in [0.15, 0.2) is 24.3 Å². The molecule has 8 heteroatoms. The number of halogens is 2. The molecule has 2 rings (SSSR count). The van der Waals surface area contributed by atoms with Crippen LogP contribution in [0.3, 0.4) is 0 Å². The summed E-state index contributed by atoms with van der Waals surface area (Å²) < 4.78 is 28.7. The average molecular weight is 268 g/mol. The maximum Gasteiger partial charge on any atom is 0.387 e. The van der Waals surface area contributed by atoms with Gasteiger partial charge in [-0.05, 0) is 17.3 Å². The van der Waals surface area contributed by atoms with E-state index in [1.165, 1.54) is 23.0 Å². The van der Waals surface area contributed by atoms with Crippen molar-refractivity contribution in [3.63, 3.8) is 0 Å². The Hall–Kier alpha value is -2.38. The molecule has 0 amide bonds. The Morgan fingerprint density at radius 3 is 2.79 bits per heavy atom. The standard InChI is InChI=1S/C11H10F2N4O2/c1-17-15-10(14-16-17)6-8(18)7-4-2-3-5-9(7)19-11(12)13/h2-5,11H,6H2,1H3. The van der Waals surface area contributed by atoms with Crippen molar-refractivity contribution in [3.05, 3.63) is 35.7 Å². The number of hydrogen-bond acceptors (Lipinski definition) is 5. The number of benzene rings is 1. The fourth-order valence-corrected chi connectivity index (χ4v) is 1.53. The summed E-state index contributed by atoms with van der Waals surface area (Å²) in [6.45, 7) is -2.98. The number of aromatic nitrogens is 4. The van der Waals surface area contributed by atoms with Crippen LogP contribution in [0, 0.1) is 0 Å². The van der Waals surface area contributed by atoms with Gasteiger partial charge in [-0.25, -0.2) is 0 Å². The van der Waals surface area contributed by atoms with Crippen LogP contribution in [0.4, 0.5) is 8.78 Å². The van der Waals surface area contributed by atoms with Crippen LogP contribution in [0.25, 0.3) is 0 Å². The van der Waals surface area contributed by atoms with Crippen LogP contribution in [0.5, 0.6) is 5.75 Å². The molecule has 0 aliphatic rings. The smallest absolute Gasteiger partial charge is 0.387 e. The van der Waals surface area contributed by atoms with Crippen LogP contribution in [0.1, 0.15) is 16.2 Å². The average Bonchev–Trinajstić information content (AvgIpc) is 2.74. The second-order valence-corrected chi connectivity index (χ2v) is 3.67. The third-order valence-electron chi connectivity index (χ3n) is 2.27. The van der Waals surface area contributed by atoms with Gasteiger partial charge >= 0.3 is 6.61 Å². The number of para-hydroxylation sites is 1. The molecule has 6 nitrogen and oxygen atoms in total. The summed E-state index contributed by atoms with van der Waals surface area (Å²) in [5.41, 5.74) is 0.0650. The molecule has 1 aromatic heterocycles. The number of Topliss-reactive ketones (excluding diaryl/α,β-unsaturated/α-hetero) is 1. The first kappa shape index (κ1) is 13.1. The molecule has 0 aliphatic carbocycles. The first-order chi connectivity index (χ1) is 9.06. The van der Waals surface area contributed by atoms with Gasteiger partial charge in [0.05, 0.1) is 19.0 Å². The molecule has 0 radical (unpaired) electrons. The predicted octanol–water partition coefficient (Wildman–Crippen LogP) is 1.24. The Balaban J connectivity index is 2.18. The summed E-state index contributed by atoms with van der Waals surface area (Å²) in [4.78, 5) is 13.2. The zero-order valence-corrected chi connectivity index (χ0v) is 9.96. The summed E-state index contributed by atoms with van der Waals surface area (Å²) >= 11 is 0. The summed E-state index contributed by atoms with van der Waals surface area (Å²) in [5.74, 6) is -0.352. The number of alkyl halides is 2. The first-order valence-corrected chi connectivity index (χ1v) is 5.36. The van der Waals surface area contributed by atoms with Gasteiger partial charge in [0, 0.05) is 0 Å². The van der Waals surface area contributed by atoms with Crippen LogP contribution in [-0.4, -0.2) is 32.6 Å². The molecule has 19 heavy (non-hydrogen) atoms. The zero-order valence-electron chi connectivity index (χ0n) is 9.96. The van der Waals surface area contributed by atoms with Gasteiger partial charge in [-0.15, -0.1) is 10.2 Å². The molecule has 0 spiro atoms. The number of rotatable bonds is 5. The lowest BCUT2D eigenvalue weighted by Gasteiger charge is -2.08. The number of hydrogen-bond donors (Lipinski definition) is 0. The monoisotopic (exact) mass is 268 g/mol. The number of ether oxygens (including phenoxy) is 1. The Labute approximate surface area is 107 Å². The normalized spacial score (nSPS) is 10.7. The van der Waals surface area contributed by atoms with Gasteiger partial charge in [0.2, 0.25) is 0 Å². The highest BCUT2D eigenvalue weighted by Gasteiger charge is 2.17. The third-order valence-corrected chi connectivity index (χ3v) is 2.27. The van der Waals surface area contributed by atoms with E-state index in [4.69, 9.17) is 0 Å². The van der Waals surface area contributed by atoms with Crippen molar-refractivity contribution in [1.29, 1.82) is 0 Å². The molecule has 1 aromatic carbocycles. The minimum Gasteiger partial charge on any atom is -0.434 e. The van der Waals surface area contributed by atoms with Gasteiger partial charge < -0.3 is 4.74 Å². The molecule has 0 saturated carbocycles. The van der Waals surface area contributed by atoms with Gasteiger partial charge in [-0.3, -0.25) is 4.79 Å². The van der Waals surface area contributed by atoms with E-state index in [2.05, 4.69) is 20.1 Å². The van der Waals surface area contributed by atoms with Crippen LogP contribution in [0.2, 0.25) is 0 Å². The summed E-state index contributed by atoms with van der Waals surface area (Å²) in [6, 6.07) is 5.80. The number of carbonyl (C=O) groups excluding carboxylic acids is 1. The highest BCUT2D eigenvalue weighted by atomic mass is 19.3. The lowest BCUT2D eigenvalue weighted by atomic mass is 10.1. The molecular formula is C11H10F2N4O2. The van der Waals surface area contributed by atoms with Crippen LogP contribution < -0.4 is 4.74 Å². The van der Waals surface area contributed by atoms with Crippen molar-refractivity contribution in [2.45, 2.75) is 13.0 Å². The maximum atomic E-state index is 12.2. The van der Waals surface area contributed by atoms with Gasteiger partial charge in [-0.1, -0.05) is 12.1 Å². The van der Waals surface area contributed by atoms with Crippen LogP contribution in [-0.2, 0) is 13.5 Å². The first-order valence-electron chi connectivity index (χ1n) is 5.36. The number of aryl methyl sites for hydroxylation is 1. The largest absolute Gasteiger partial charge is 0.434 e. The second-order valence-electron chi connectivity index (χ2n) is 3.67. The van der Waals surface area contributed by atoms with Gasteiger partial charge in [-0.2, -0.15) is 13.6 Å². The zero-order chi connectivity index (χ0) is 13.8. The van der Waals surface area contributed by atoms with E-state index in [0.29, 0.717) is 0 Å². The molecule has 0 N–H and O–H groups in total. The molecule has 0 fully saturated rings. The Morgan fingerprint density at radius 2 is 2.16 bits per heavy atom. The minimum atomic E-state index is -2.98. The van der Waals surface area contributed by atoms with Crippen LogP contribution >= 0.6 is 0 Å². The number of nitrogens with zero attached hydrogens (tertiary/aromatic N) is 4. The van der Waals surface area contributed by atoms with Crippen molar-refractivity contribution in [2.24, 2.45) is 7.05 Å². The lowest BCUT2D eigenvalue weighted by molar-refractivity contribution is -0.0501. The van der Waals surface area contributed by atoms with E-state index >= 15 is 0 Å². The molecular weight excluding hydrogens is 258 g/mol. The van der Waals surface area contributed by atoms with Crippen molar-refractivity contribution in [1.82, 2.24) is 20.2 Å². The molecule has 0 atom stereocenters. The molecule has 0 unspecified atom stereocenters. The number of tetrazole rings is 1. The molecule has 100 valence electrons. The van der Waals surface area contributed by atoms with Gasteiger partial charge in [0.15, 0.2) is 11.6 Å². The Bertz CT molecular complexity index is 586. The maximum absolute atomic E-state index is 12.2. The quantitative estimate of drug-likeness (QED) is 0.763. The van der Waals surface area contributed by atoms with Gasteiger partial charge in [0.25, 0.3) is 0 Å². The van der Waals surface area contributed by atoms with E-state index in [0.717, 1.165) is 0 Å². The topological polar surface area (TPSA) is 69.9 Å². The SMILES string of the molecule is Cn1nnc(CC(=O)c2ccccc2OC(F)F)n1. The lowest BCUT2D eigenvalue weighted by Crippen LogP contribution is -2.10. The summed E-state index contributed by atoms with van der Waals surface area (Å²) in [7, 11) is 1.56. The van der Waals surface area contributed by atoms with Gasteiger partial charge in [0.1, 0.15) is 5.75 Å².